The zero-order valence-corrected chi connectivity index (χ0v) is 13.0. The summed E-state index contributed by atoms with van der Waals surface area (Å²) in [4.78, 5) is 0. The average molecular weight is 317 g/mol. The molecule has 0 atom stereocenters. The predicted octanol–water partition coefficient (Wildman–Crippen LogP) is 2.82. The number of nitrogens with two attached hydrogens (primary N) is 1. The molecule has 5 nitrogen and oxygen atoms in total. The van der Waals surface area contributed by atoms with E-state index in [2.05, 4.69) is 26.2 Å². The molecule has 0 amide bonds. The highest BCUT2D eigenvalue weighted by molar-refractivity contribution is 9.10. The van der Waals surface area contributed by atoms with Crippen LogP contribution in [0.25, 0.3) is 0 Å². The Balaban J connectivity index is 2.59. The van der Waals surface area contributed by atoms with Crippen molar-refractivity contribution in [2.45, 2.75) is 47.1 Å². The van der Waals surface area contributed by atoms with Gasteiger partial charge < -0.3 is 10.9 Å². The van der Waals surface area contributed by atoms with Gasteiger partial charge in [-0.15, -0.1) is 0 Å². The maximum absolute atomic E-state index is 8.71. The zero-order chi connectivity index (χ0) is 13.9. The van der Waals surface area contributed by atoms with Crippen molar-refractivity contribution < 1.29 is 5.21 Å². The number of aryl methyl sites for hydroxylation is 2. The van der Waals surface area contributed by atoms with E-state index in [0.29, 0.717) is 0 Å². The fraction of sp³-hybridized carbons (Fsp3) is 0.667. The Morgan fingerprint density at radius 1 is 1.50 bits per heavy atom. The molecule has 0 bridgehead atoms. The summed E-state index contributed by atoms with van der Waals surface area (Å²) in [6.45, 7) is 8.80. The smallest absolute Gasteiger partial charge is 0.144 e. The molecule has 1 rings (SSSR count). The largest absolute Gasteiger partial charge is 0.409 e. The summed E-state index contributed by atoms with van der Waals surface area (Å²) in [6, 6.07) is 0. The van der Waals surface area contributed by atoms with E-state index in [4.69, 9.17) is 10.9 Å². The van der Waals surface area contributed by atoms with Crippen LogP contribution in [0.3, 0.4) is 0 Å². The van der Waals surface area contributed by atoms with E-state index in [-0.39, 0.29) is 11.3 Å². The predicted molar refractivity (Wildman–Crippen MR) is 75.8 cm³/mol. The molecule has 18 heavy (non-hydrogen) atoms. The van der Waals surface area contributed by atoms with Gasteiger partial charge in [-0.2, -0.15) is 5.10 Å². The molecule has 0 aliphatic carbocycles. The first-order valence-electron chi connectivity index (χ1n) is 5.97. The second kappa shape index (κ2) is 5.73. The van der Waals surface area contributed by atoms with Crippen molar-refractivity contribution in [2.75, 3.05) is 0 Å². The van der Waals surface area contributed by atoms with Crippen LogP contribution in [-0.4, -0.2) is 20.8 Å². The second-order valence-electron chi connectivity index (χ2n) is 5.18. The SMILES string of the molecule is Cc1nn(CCCC(C)(C)C(N)=NO)c(C)c1Br. The quantitative estimate of drug-likeness (QED) is 0.379. The molecule has 6 heteroatoms. The van der Waals surface area contributed by atoms with Gasteiger partial charge in [0.25, 0.3) is 0 Å². The van der Waals surface area contributed by atoms with Gasteiger partial charge in [-0.1, -0.05) is 19.0 Å². The molecule has 0 aromatic carbocycles. The fourth-order valence-electron chi connectivity index (χ4n) is 1.83. The minimum Gasteiger partial charge on any atom is -0.409 e. The van der Waals surface area contributed by atoms with Crippen LogP contribution in [-0.2, 0) is 6.54 Å². The van der Waals surface area contributed by atoms with E-state index in [1.54, 1.807) is 0 Å². The molecule has 102 valence electrons. The molecule has 0 fully saturated rings. The Kier molecular flexibility index (Phi) is 4.78. The lowest BCUT2D eigenvalue weighted by atomic mass is 9.86. The van der Waals surface area contributed by atoms with Gasteiger partial charge in [-0.05, 0) is 42.6 Å². The van der Waals surface area contributed by atoms with Crippen molar-refractivity contribution in [3.05, 3.63) is 15.9 Å². The number of rotatable bonds is 5. The third kappa shape index (κ3) is 3.25. The molecular formula is C12H21BrN4O. The summed E-state index contributed by atoms with van der Waals surface area (Å²) >= 11 is 3.51. The van der Waals surface area contributed by atoms with E-state index >= 15 is 0 Å². The highest BCUT2D eigenvalue weighted by Gasteiger charge is 2.23. The third-order valence-electron chi connectivity index (χ3n) is 3.27. The van der Waals surface area contributed by atoms with E-state index in [9.17, 15) is 0 Å². The number of nitrogens with zero attached hydrogens (tertiary/aromatic N) is 3. The van der Waals surface area contributed by atoms with E-state index in [0.717, 1.165) is 35.2 Å². The lowest BCUT2D eigenvalue weighted by Crippen LogP contribution is -2.32. The van der Waals surface area contributed by atoms with Gasteiger partial charge in [0.15, 0.2) is 0 Å². The van der Waals surface area contributed by atoms with Crippen LogP contribution in [0, 0.1) is 19.3 Å². The third-order valence-corrected chi connectivity index (χ3v) is 4.41. The van der Waals surface area contributed by atoms with Crippen molar-refractivity contribution in [1.82, 2.24) is 9.78 Å². The molecule has 1 aromatic rings. The van der Waals surface area contributed by atoms with Crippen LogP contribution in [0.4, 0.5) is 0 Å². The van der Waals surface area contributed by atoms with Crippen LogP contribution in [0.5, 0.6) is 0 Å². The number of amidine groups is 1. The molecule has 1 aromatic heterocycles. The Morgan fingerprint density at radius 3 is 2.56 bits per heavy atom. The van der Waals surface area contributed by atoms with Gasteiger partial charge >= 0.3 is 0 Å². The van der Waals surface area contributed by atoms with Crippen molar-refractivity contribution in [1.29, 1.82) is 0 Å². The van der Waals surface area contributed by atoms with Crippen molar-refractivity contribution >= 4 is 21.8 Å². The molecule has 0 spiro atoms. The van der Waals surface area contributed by atoms with Gasteiger partial charge in [0.2, 0.25) is 0 Å². The second-order valence-corrected chi connectivity index (χ2v) is 5.97. The molecule has 0 unspecified atom stereocenters. The highest BCUT2D eigenvalue weighted by Crippen LogP contribution is 2.24. The standard InChI is InChI=1S/C12H21BrN4O/c1-8-10(13)9(2)17(15-8)7-5-6-12(3,4)11(14)16-18/h18H,5-7H2,1-4H3,(H2,14,16). The van der Waals surface area contributed by atoms with Gasteiger partial charge in [0.05, 0.1) is 10.2 Å². The summed E-state index contributed by atoms with van der Waals surface area (Å²) in [5, 5.41) is 16.2. The van der Waals surface area contributed by atoms with Crippen LogP contribution < -0.4 is 5.73 Å². The molecule has 0 saturated carbocycles. The van der Waals surface area contributed by atoms with Crippen LogP contribution in [0.15, 0.2) is 9.63 Å². The van der Waals surface area contributed by atoms with Gasteiger partial charge in [-0.3, -0.25) is 4.68 Å². The maximum Gasteiger partial charge on any atom is 0.144 e. The monoisotopic (exact) mass is 316 g/mol. The van der Waals surface area contributed by atoms with E-state index in [1.165, 1.54) is 0 Å². The van der Waals surface area contributed by atoms with Gasteiger partial charge in [-0.25, -0.2) is 0 Å². The topological polar surface area (TPSA) is 76.4 Å². The van der Waals surface area contributed by atoms with Gasteiger partial charge in [0, 0.05) is 17.7 Å². The molecule has 0 aliphatic rings. The Labute approximate surface area is 116 Å². The Morgan fingerprint density at radius 2 is 2.11 bits per heavy atom. The minimum absolute atomic E-state index is 0.275. The summed E-state index contributed by atoms with van der Waals surface area (Å²) in [5.41, 5.74) is 7.51. The lowest BCUT2D eigenvalue weighted by molar-refractivity contribution is 0.303. The Bertz CT molecular complexity index is 451. The minimum atomic E-state index is -0.290. The summed E-state index contributed by atoms with van der Waals surface area (Å²) in [7, 11) is 0. The Hall–Kier alpha value is -1.04. The molecular weight excluding hydrogens is 296 g/mol. The average Bonchev–Trinajstić information content (AvgIpc) is 2.56. The van der Waals surface area contributed by atoms with E-state index < -0.39 is 0 Å². The van der Waals surface area contributed by atoms with Crippen LogP contribution in [0.2, 0.25) is 0 Å². The summed E-state index contributed by atoms with van der Waals surface area (Å²) in [5.74, 6) is 0.275. The maximum atomic E-state index is 8.71. The summed E-state index contributed by atoms with van der Waals surface area (Å²) < 4.78 is 3.06. The zero-order valence-electron chi connectivity index (χ0n) is 11.4. The number of hydrogen-bond donors (Lipinski definition) is 2. The fourth-order valence-corrected chi connectivity index (χ4v) is 2.11. The summed E-state index contributed by atoms with van der Waals surface area (Å²) in [6.07, 6.45) is 1.77. The first-order chi connectivity index (χ1) is 8.29. The number of hydrogen-bond acceptors (Lipinski definition) is 3. The van der Waals surface area contributed by atoms with Crippen LogP contribution >= 0.6 is 15.9 Å². The first kappa shape index (κ1) is 15.0. The van der Waals surface area contributed by atoms with Crippen LogP contribution in [0.1, 0.15) is 38.1 Å². The van der Waals surface area contributed by atoms with E-state index in [1.807, 2.05) is 32.4 Å². The molecule has 3 N–H and O–H groups in total. The van der Waals surface area contributed by atoms with Crippen molar-refractivity contribution in [2.24, 2.45) is 16.3 Å². The van der Waals surface area contributed by atoms with Gasteiger partial charge in [0.1, 0.15) is 5.84 Å². The number of aromatic nitrogens is 2. The first-order valence-corrected chi connectivity index (χ1v) is 6.76. The van der Waals surface area contributed by atoms with Crippen molar-refractivity contribution in [3.63, 3.8) is 0 Å². The molecule has 1 heterocycles. The normalized spacial score (nSPS) is 13.1. The number of halogens is 1. The lowest BCUT2D eigenvalue weighted by Gasteiger charge is -2.22. The number of oxime groups is 1. The van der Waals surface area contributed by atoms with Crippen molar-refractivity contribution in [3.8, 4) is 0 Å². The highest BCUT2D eigenvalue weighted by atomic mass is 79.9. The molecule has 0 aliphatic heterocycles. The molecule has 0 saturated heterocycles. The molecule has 0 radical (unpaired) electrons.